The molecule has 0 bridgehead atoms. The van der Waals surface area contributed by atoms with Gasteiger partial charge in [0.1, 0.15) is 19.3 Å². The molecule has 0 saturated heterocycles. The number of aliphatic hydroxyl groups is 1. The maximum Gasteiger partial charge on any atom is 0.472 e. The number of hydrogen-bond acceptors (Lipinski definition) is 15. The zero-order chi connectivity index (χ0) is 69.0. The summed E-state index contributed by atoms with van der Waals surface area (Å²) < 4.78 is 68.1. The van der Waals surface area contributed by atoms with Crippen molar-refractivity contribution >= 4 is 39.5 Å². The topological polar surface area (TPSA) is 237 Å². The number of hydrogen-bond donors (Lipinski definition) is 3. The predicted octanol–water partition coefficient (Wildman–Crippen LogP) is 20.2. The van der Waals surface area contributed by atoms with Gasteiger partial charge in [0.15, 0.2) is 12.2 Å². The number of phosphoric ester groups is 2. The van der Waals surface area contributed by atoms with Gasteiger partial charge in [0.2, 0.25) is 0 Å². The molecule has 540 valence electrons. The Morgan fingerprint density at radius 2 is 0.606 bits per heavy atom. The Kier molecular flexibility index (Phi) is 64.2. The van der Waals surface area contributed by atoms with Gasteiger partial charge in [0.05, 0.1) is 32.8 Å². The summed E-state index contributed by atoms with van der Waals surface area (Å²) in [5.74, 6) is -2.35. The van der Waals surface area contributed by atoms with Crippen molar-refractivity contribution in [3.05, 3.63) is 109 Å². The van der Waals surface area contributed by atoms with E-state index in [9.17, 15) is 43.2 Å². The molecule has 5 atom stereocenters. The van der Waals surface area contributed by atoms with E-state index < -0.39 is 97.5 Å². The Hall–Kier alpha value is -4.28. The van der Waals surface area contributed by atoms with E-state index >= 15 is 0 Å². The number of ether oxygens (including phenoxy) is 4. The molecule has 0 spiro atoms. The molecule has 0 aliphatic rings. The largest absolute Gasteiger partial charge is 0.472 e. The van der Waals surface area contributed by atoms with Gasteiger partial charge in [-0.2, -0.15) is 0 Å². The highest BCUT2D eigenvalue weighted by Crippen LogP contribution is 2.45. The highest BCUT2D eigenvalue weighted by molar-refractivity contribution is 7.47. The van der Waals surface area contributed by atoms with Crippen molar-refractivity contribution in [1.29, 1.82) is 0 Å². The second-order valence-corrected chi connectivity index (χ2v) is 26.7. The van der Waals surface area contributed by atoms with Gasteiger partial charge in [-0.25, -0.2) is 9.13 Å². The van der Waals surface area contributed by atoms with Gasteiger partial charge in [-0.1, -0.05) is 265 Å². The summed E-state index contributed by atoms with van der Waals surface area (Å²) in [6.07, 6.45) is 69.9. The number of aliphatic hydroxyl groups excluding tert-OH is 1. The van der Waals surface area contributed by atoms with Crippen LogP contribution in [-0.4, -0.2) is 96.7 Å². The van der Waals surface area contributed by atoms with Gasteiger partial charge in [0.25, 0.3) is 0 Å². The van der Waals surface area contributed by atoms with Gasteiger partial charge < -0.3 is 33.8 Å². The van der Waals surface area contributed by atoms with Crippen molar-refractivity contribution < 1.29 is 80.2 Å². The summed E-state index contributed by atoms with van der Waals surface area (Å²) in [6.45, 7) is 4.45. The van der Waals surface area contributed by atoms with Gasteiger partial charge >= 0.3 is 39.5 Å². The highest BCUT2D eigenvalue weighted by atomic mass is 31.2. The molecule has 17 nitrogen and oxygen atoms in total. The molecule has 0 aromatic carbocycles. The zero-order valence-electron chi connectivity index (χ0n) is 58.6. The fourth-order valence-corrected chi connectivity index (χ4v) is 10.9. The fraction of sp³-hybridized carbons (Fsp3) is 0.707. The minimum Gasteiger partial charge on any atom is -0.462 e. The monoisotopic (exact) mass is 1360 g/mol. The van der Waals surface area contributed by atoms with Crippen molar-refractivity contribution in [2.24, 2.45) is 0 Å². The number of esters is 4. The molecule has 0 aromatic rings. The number of allylic oxidation sites excluding steroid dienone is 17. The van der Waals surface area contributed by atoms with Crippen LogP contribution in [0.15, 0.2) is 109 Å². The van der Waals surface area contributed by atoms with E-state index in [0.29, 0.717) is 25.7 Å². The molecule has 0 aliphatic carbocycles. The van der Waals surface area contributed by atoms with E-state index in [1.54, 1.807) is 6.08 Å². The van der Waals surface area contributed by atoms with Crippen molar-refractivity contribution in [3.8, 4) is 0 Å². The third kappa shape index (κ3) is 66.3. The maximum absolute atomic E-state index is 13.0. The van der Waals surface area contributed by atoms with Crippen molar-refractivity contribution in [2.75, 3.05) is 39.6 Å². The first-order valence-corrected chi connectivity index (χ1v) is 39.1. The maximum atomic E-state index is 13.0. The summed E-state index contributed by atoms with van der Waals surface area (Å²) in [5, 5.41) is 10.6. The average molecular weight is 1360 g/mol. The molecule has 0 heterocycles. The summed E-state index contributed by atoms with van der Waals surface area (Å²) >= 11 is 0. The van der Waals surface area contributed by atoms with Crippen molar-refractivity contribution in [3.63, 3.8) is 0 Å². The quantitative estimate of drug-likeness (QED) is 0.0169. The Balaban J connectivity index is 5.41. The van der Waals surface area contributed by atoms with E-state index in [0.717, 1.165) is 135 Å². The van der Waals surface area contributed by atoms with E-state index in [2.05, 4.69) is 113 Å². The van der Waals surface area contributed by atoms with Crippen LogP contribution in [0.3, 0.4) is 0 Å². The van der Waals surface area contributed by atoms with Gasteiger partial charge in [-0.3, -0.25) is 37.3 Å². The van der Waals surface area contributed by atoms with Crippen LogP contribution in [-0.2, 0) is 65.4 Å². The Labute approximate surface area is 569 Å². The van der Waals surface area contributed by atoms with E-state index in [-0.39, 0.29) is 25.7 Å². The van der Waals surface area contributed by atoms with Gasteiger partial charge in [-0.15, -0.1) is 0 Å². The fourth-order valence-electron chi connectivity index (χ4n) is 9.29. The molecule has 3 N–H and O–H groups in total. The van der Waals surface area contributed by atoms with Crippen LogP contribution in [0.25, 0.3) is 0 Å². The average Bonchev–Trinajstić information content (AvgIpc) is 1.36. The molecule has 0 fully saturated rings. The van der Waals surface area contributed by atoms with E-state index in [4.69, 9.17) is 37.0 Å². The molecule has 0 rings (SSSR count). The van der Waals surface area contributed by atoms with E-state index in [1.807, 2.05) is 18.2 Å². The summed E-state index contributed by atoms with van der Waals surface area (Å²) in [4.78, 5) is 72.6. The number of rotatable bonds is 67. The molecule has 0 aliphatic heterocycles. The Bertz CT molecular complexity index is 2220. The SMILES string of the molecule is CC/C=C\C/C=C\C/C=C\C/C=C\C/C=C\CC(=O)OCC(COP(=O)(O)OCC(O)COP(=O)(O)OCC(COC(=O)CCCCCCCCCCCCCCC)OC(=O)CCCCCCC/C=C\CCCC)OC(=O)CCCCCCC/C=C\C/C=C\C/C=C\CC. The van der Waals surface area contributed by atoms with E-state index in [1.165, 1.54) is 70.6 Å². The minimum atomic E-state index is -4.99. The lowest BCUT2D eigenvalue weighted by molar-refractivity contribution is -0.161. The molecule has 0 amide bonds. The third-order valence-electron chi connectivity index (χ3n) is 14.8. The Morgan fingerprint density at radius 1 is 0.319 bits per heavy atom. The first-order valence-electron chi connectivity index (χ1n) is 36.1. The van der Waals surface area contributed by atoms with Crippen molar-refractivity contribution in [1.82, 2.24) is 0 Å². The van der Waals surface area contributed by atoms with Crippen molar-refractivity contribution in [2.45, 2.75) is 303 Å². The second kappa shape index (κ2) is 67.3. The van der Waals surface area contributed by atoms with Gasteiger partial charge in [-0.05, 0) is 103 Å². The van der Waals surface area contributed by atoms with Crippen LogP contribution in [0.2, 0.25) is 0 Å². The zero-order valence-corrected chi connectivity index (χ0v) is 60.4. The minimum absolute atomic E-state index is 0.0545. The second-order valence-electron chi connectivity index (χ2n) is 23.8. The van der Waals surface area contributed by atoms with Crippen LogP contribution < -0.4 is 0 Å². The van der Waals surface area contributed by atoms with Crippen LogP contribution in [0.1, 0.15) is 285 Å². The van der Waals surface area contributed by atoms with Crippen LogP contribution in [0, 0.1) is 0 Å². The summed E-state index contributed by atoms with van der Waals surface area (Å²) in [6, 6.07) is 0. The summed E-state index contributed by atoms with van der Waals surface area (Å²) in [7, 11) is -9.97. The standard InChI is InChI=1S/C75H128O17P2/c1-5-9-13-17-21-25-29-32-34-37-41-44-48-52-56-60-73(78)86-66-71(92-75(80)62-58-54-50-46-42-38-35-33-30-26-22-18-14-10-6-2)68-90-94(83,84)88-64-69(76)63-87-93(81,82)89-67-70(91-74(79)61-57-53-49-45-39-28-24-20-16-12-8-4)65-85-72(77)59-55-51-47-43-40-36-31-27-23-19-15-11-7-3/h9-10,13-14,20-22,24-26,32-35,41,44,52,56,69-71,76H,5-8,11-12,15-19,23,27-31,36-40,42-43,45-51,53-55,57-68H2,1-4H3,(H,81,82)(H,83,84)/b13-9-,14-10-,24-20-,25-21-,26-22-,34-32-,35-33-,44-41-,56-52-. The normalized spacial score (nSPS) is 14.7. The molecule has 94 heavy (non-hydrogen) atoms. The molecular weight excluding hydrogens is 1230 g/mol. The summed E-state index contributed by atoms with van der Waals surface area (Å²) in [5.41, 5.74) is 0. The molecule has 5 unspecified atom stereocenters. The first kappa shape index (κ1) is 89.7. The van der Waals surface area contributed by atoms with Crippen LogP contribution in [0.4, 0.5) is 0 Å². The molecule has 0 saturated carbocycles. The molecule has 0 radical (unpaired) electrons. The predicted molar refractivity (Wildman–Crippen MR) is 381 cm³/mol. The lowest BCUT2D eigenvalue weighted by atomic mass is 10.0. The van der Waals surface area contributed by atoms with Gasteiger partial charge in [0, 0.05) is 19.3 Å². The molecule has 0 aromatic heterocycles. The number of unbranched alkanes of at least 4 members (excludes halogenated alkanes) is 24. The lowest BCUT2D eigenvalue weighted by Gasteiger charge is -2.21. The van der Waals surface area contributed by atoms with Crippen LogP contribution >= 0.6 is 15.6 Å². The lowest BCUT2D eigenvalue weighted by Crippen LogP contribution is -2.30. The first-order chi connectivity index (χ1) is 45.7. The van der Waals surface area contributed by atoms with Crippen LogP contribution in [0.5, 0.6) is 0 Å². The number of carbonyl (C=O) groups excluding carboxylic acids is 4. The highest BCUT2D eigenvalue weighted by Gasteiger charge is 2.30. The Morgan fingerprint density at radius 3 is 0.989 bits per heavy atom. The molecular formula is C75H128O17P2. The number of carbonyl (C=O) groups is 4. The molecule has 19 heteroatoms. The number of phosphoric acid groups is 2. The smallest absolute Gasteiger partial charge is 0.462 e. The third-order valence-corrected chi connectivity index (χ3v) is 16.7.